The van der Waals surface area contributed by atoms with Crippen LogP contribution in [-0.2, 0) is 0 Å². The van der Waals surface area contributed by atoms with E-state index in [-0.39, 0.29) is 11.8 Å². The molecular formula is C15H20Cl2N2O2. The first-order chi connectivity index (χ1) is 10.0. The van der Waals surface area contributed by atoms with Crippen molar-refractivity contribution in [2.45, 2.75) is 19.9 Å². The van der Waals surface area contributed by atoms with Gasteiger partial charge in [-0.15, -0.1) is 0 Å². The van der Waals surface area contributed by atoms with Crippen LogP contribution < -0.4 is 10.1 Å². The molecule has 1 atom stereocenters. The number of benzene rings is 1. The molecule has 1 heterocycles. The molecule has 1 aliphatic heterocycles. The molecule has 4 nitrogen and oxygen atoms in total. The van der Waals surface area contributed by atoms with Crippen LogP contribution in [-0.4, -0.2) is 49.5 Å². The highest BCUT2D eigenvalue weighted by Crippen LogP contribution is 2.33. The molecule has 0 spiro atoms. The van der Waals surface area contributed by atoms with Crippen molar-refractivity contribution < 1.29 is 9.53 Å². The van der Waals surface area contributed by atoms with Gasteiger partial charge in [0.1, 0.15) is 5.75 Å². The zero-order valence-electron chi connectivity index (χ0n) is 12.3. The summed E-state index contributed by atoms with van der Waals surface area (Å²) in [4.78, 5) is 14.9. The molecule has 1 fully saturated rings. The molecule has 1 N–H and O–H groups in total. The van der Waals surface area contributed by atoms with Crippen molar-refractivity contribution in [3.63, 3.8) is 0 Å². The van der Waals surface area contributed by atoms with Crippen LogP contribution in [0.1, 0.15) is 24.2 Å². The van der Waals surface area contributed by atoms with Gasteiger partial charge in [0.2, 0.25) is 0 Å². The van der Waals surface area contributed by atoms with Gasteiger partial charge in [-0.25, -0.2) is 0 Å². The van der Waals surface area contributed by atoms with Crippen molar-refractivity contribution in [1.29, 1.82) is 0 Å². The summed E-state index contributed by atoms with van der Waals surface area (Å²) in [6.07, 6.45) is 0. The summed E-state index contributed by atoms with van der Waals surface area (Å²) < 4.78 is 5.54. The van der Waals surface area contributed by atoms with Crippen LogP contribution in [0.4, 0.5) is 0 Å². The standard InChI is InChI=1S/C15H20Cl2N2O2/c1-3-21-15-12(8-11(16)9-13(15)17)14(20)10(2)19-6-4-18-5-7-19/h8-10,18H,3-7H2,1-2H3. The summed E-state index contributed by atoms with van der Waals surface area (Å²) in [6, 6.07) is 3.01. The lowest BCUT2D eigenvalue weighted by atomic mass is 10.0. The van der Waals surface area contributed by atoms with Crippen LogP contribution >= 0.6 is 23.2 Å². The highest BCUT2D eigenvalue weighted by Gasteiger charge is 2.27. The van der Waals surface area contributed by atoms with Crippen LogP contribution in [0.3, 0.4) is 0 Å². The molecule has 1 aromatic carbocycles. The molecule has 1 saturated heterocycles. The Balaban J connectivity index is 2.28. The second-order valence-electron chi connectivity index (χ2n) is 5.02. The van der Waals surface area contributed by atoms with Gasteiger partial charge in [0.05, 0.1) is 23.2 Å². The van der Waals surface area contributed by atoms with Crippen LogP contribution in [0.25, 0.3) is 0 Å². The number of piperazine rings is 1. The molecule has 21 heavy (non-hydrogen) atoms. The zero-order valence-corrected chi connectivity index (χ0v) is 13.8. The summed E-state index contributed by atoms with van der Waals surface area (Å²) in [6.45, 7) is 7.72. The van der Waals surface area contributed by atoms with Gasteiger partial charge in [0.25, 0.3) is 0 Å². The van der Waals surface area contributed by atoms with Gasteiger partial charge in [-0.05, 0) is 26.0 Å². The van der Waals surface area contributed by atoms with E-state index in [1.165, 1.54) is 0 Å². The Bertz CT molecular complexity index is 517. The first-order valence-electron chi connectivity index (χ1n) is 7.15. The monoisotopic (exact) mass is 330 g/mol. The van der Waals surface area contributed by atoms with Gasteiger partial charge >= 0.3 is 0 Å². The van der Waals surface area contributed by atoms with E-state index in [1.54, 1.807) is 12.1 Å². The number of nitrogens with zero attached hydrogens (tertiary/aromatic N) is 1. The van der Waals surface area contributed by atoms with Crippen LogP contribution in [0.5, 0.6) is 5.75 Å². The van der Waals surface area contributed by atoms with Crippen LogP contribution in [0.2, 0.25) is 10.0 Å². The van der Waals surface area contributed by atoms with Crippen molar-refractivity contribution in [2.75, 3.05) is 32.8 Å². The summed E-state index contributed by atoms with van der Waals surface area (Å²) in [5.74, 6) is 0.417. The number of hydrogen-bond acceptors (Lipinski definition) is 4. The molecule has 1 unspecified atom stereocenters. The second kappa shape index (κ2) is 7.45. The molecule has 0 aromatic heterocycles. The fourth-order valence-corrected chi connectivity index (χ4v) is 3.04. The average molecular weight is 331 g/mol. The lowest BCUT2D eigenvalue weighted by Gasteiger charge is -2.32. The number of ether oxygens (including phenoxy) is 1. The van der Waals surface area contributed by atoms with E-state index in [4.69, 9.17) is 27.9 Å². The minimum absolute atomic E-state index is 0.00949. The van der Waals surface area contributed by atoms with Gasteiger partial charge < -0.3 is 10.1 Å². The van der Waals surface area contributed by atoms with Gasteiger partial charge in [0, 0.05) is 31.2 Å². The minimum Gasteiger partial charge on any atom is -0.492 e. The summed E-state index contributed by atoms with van der Waals surface area (Å²) >= 11 is 12.2. The van der Waals surface area contributed by atoms with E-state index in [0.717, 1.165) is 26.2 Å². The lowest BCUT2D eigenvalue weighted by Crippen LogP contribution is -2.50. The Morgan fingerprint density at radius 3 is 2.67 bits per heavy atom. The number of hydrogen-bond donors (Lipinski definition) is 1. The van der Waals surface area contributed by atoms with Gasteiger partial charge in [0.15, 0.2) is 5.78 Å². The maximum Gasteiger partial charge on any atom is 0.183 e. The Morgan fingerprint density at radius 1 is 1.38 bits per heavy atom. The van der Waals surface area contributed by atoms with Gasteiger partial charge in [-0.3, -0.25) is 9.69 Å². The molecule has 1 aliphatic rings. The second-order valence-corrected chi connectivity index (χ2v) is 5.87. The third kappa shape index (κ3) is 3.89. The quantitative estimate of drug-likeness (QED) is 0.843. The molecule has 0 amide bonds. The molecular weight excluding hydrogens is 311 g/mol. The highest BCUT2D eigenvalue weighted by molar-refractivity contribution is 6.36. The predicted molar refractivity (Wildman–Crippen MR) is 85.9 cm³/mol. The first-order valence-corrected chi connectivity index (χ1v) is 7.91. The third-order valence-corrected chi connectivity index (χ3v) is 4.14. The summed E-state index contributed by atoms with van der Waals surface area (Å²) in [5.41, 5.74) is 0.459. The minimum atomic E-state index is -0.221. The smallest absolute Gasteiger partial charge is 0.183 e. The molecule has 2 rings (SSSR count). The van der Waals surface area contributed by atoms with Crippen molar-refractivity contribution >= 4 is 29.0 Å². The Morgan fingerprint density at radius 2 is 2.05 bits per heavy atom. The molecule has 0 bridgehead atoms. The Hall–Kier alpha value is -0.810. The van der Waals surface area contributed by atoms with E-state index in [1.807, 2.05) is 13.8 Å². The molecule has 116 valence electrons. The SMILES string of the molecule is CCOc1c(Cl)cc(Cl)cc1C(=O)C(C)N1CCNCC1. The fraction of sp³-hybridized carbons (Fsp3) is 0.533. The van der Waals surface area contributed by atoms with Crippen molar-refractivity contribution in [1.82, 2.24) is 10.2 Å². The Kier molecular flexibility index (Phi) is 5.88. The van der Waals surface area contributed by atoms with Crippen molar-refractivity contribution in [2.24, 2.45) is 0 Å². The van der Waals surface area contributed by atoms with E-state index >= 15 is 0 Å². The van der Waals surface area contributed by atoms with Crippen LogP contribution in [0.15, 0.2) is 12.1 Å². The number of nitrogens with one attached hydrogen (secondary N) is 1. The lowest BCUT2D eigenvalue weighted by molar-refractivity contribution is 0.0816. The molecule has 6 heteroatoms. The zero-order chi connectivity index (χ0) is 15.4. The molecule has 0 saturated carbocycles. The van der Waals surface area contributed by atoms with E-state index in [0.29, 0.717) is 28.0 Å². The average Bonchev–Trinajstić information content (AvgIpc) is 2.49. The van der Waals surface area contributed by atoms with Gasteiger partial charge in [-0.2, -0.15) is 0 Å². The van der Waals surface area contributed by atoms with Crippen LogP contribution in [0, 0.1) is 0 Å². The third-order valence-electron chi connectivity index (χ3n) is 3.64. The Labute approximate surface area is 135 Å². The fourth-order valence-electron chi connectivity index (χ4n) is 2.49. The van der Waals surface area contributed by atoms with Gasteiger partial charge in [-0.1, -0.05) is 23.2 Å². The van der Waals surface area contributed by atoms with Crippen molar-refractivity contribution in [3.8, 4) is 5.75 Å². The summed E-state index contributed by atoms with van der Waals surface area (Å²) in [7, 11) is 0. The van der Waals surface area contributed by atoms with E-state index in [2.05, 4.69) is 10.2 Å². The molecule has 0 aliphatic carbocycles. The number of halogens is 2. The number of carbonyl (C=O) groups is 1. The predicted octanol–water partition coefficient (Wildman–Crippen LogP) is 2.87. The summed E-state index contributed by atoms with van der Waals surface area (Å²) in [5, 5.41) is 4.10. The normalized spacial score (nSPS) is 17.5. The van der Waals surface area contributed by atoms with E-state index in [9.17, 15) is 4.79 Å². The largest absolute Gasteiger partial charge is 0.492 e. The topological polar surface area (TPSA) is 41.6 Å². The molecule has 0 radical (unpaired) electrons. The van der Waals surface area contributed by atoms with Crippen molar-refractivity contribution in [3.05, 3.63) is 27.7 Å². The number of rotatable bonds is 5. The first kappa shape index (κ1) is 16.6. The maximum atomic E-state index is 12.8. The molecule has 1 aromatic rings. The highest BCUT2D eigenvalue weighted by atomic mass is 35.5. The van der Waals surface area contributed by atoms with E-state index < -0.39 is 0 Å². The number of carbonyl (C=O) groups excluding carboxylic acids is 1. The maximum absolute atomic E-state index is 12.8. The number of ketones is 1. The number of Topliss-reactive ketones (excluding diaryl/α,β-unsaturated/α-hetero) is 1.